The van der Waals surface area contributed by atoms with Crippen molar-refractivity contribution in [1.29, 1.82) is 0 Å². The highest BCUT2D eigenvalue weighted by Gasteiger charge is 2.19. The summed E-state index contributed by atoms with van der Waals surface area (Å²) in [6.07, 6.45) is 0. The SMILES string of the molecule is Cc1ccc(C(=O)C(=O)Nc2cc([N+](=O)[O-])ccc2F)cc1. The first-order valence-corrected chi connectivity index (χ1v) is 6.25. The van der Waals surface area contributed by atoms with Crippen molar-refractivity contribution in [2.75, 3.05) is 5.32 Å². The van der Waals surface area contributed by atoms with Crippen LogP contribution in [0.5, 0.6) is 0 Å². The Hall–Kier alpha value is -3.09. The van der Waals surface area contributed by atoms with E-state index in [-0.39, 0.29) is 11.3 Å². The van der Waals surface area contributed by atoms with Gasteiger partial charge in [-0.25, -0.2) is 4.39 Å². The molecule has 6 nitrogen and oxygen atoms in total. The van der Waals surface area contributed by atoms with Gasteiger partial charge in [-0.15, -0.1) is 0 Å². The minimum absolute atomic E-state index is 0.147. The van der Waals surface area contributed by atoms with E-state index < -0.39 is 28.1 Å². The highest BCUT2D eigenvalue weighted by atomic mass is 19.1. The van der Waals surface area contributed by atoms with Crippen LogP contribution in [0.4, 0.5) is 15.8 Å². The first-order chi connectivity index (χ1) is 10.4. The molecule has 2 aromatic carbocycles. The number of Topliss-reactive ketones (excluding diaryl/α,β-unsaturated/α-hetero) is 1. The molecular formula is C15H11FN2O4. The summed E-state index contributed by atoms with van der Waals surface area (Å²) in [6.45, 7) is 1.83. The van der Waals surface area contributed by atoms with E-state index >= 15 is 0 Å². The van der Waals surface area contributed by atoms with Gasteiger partial charge in [0.05, 0.1) is 10.6 Å². The minimum Gasteiger partial charge on any atom is -0.316 e. The van der Waals surface area contributed by atoms with E-state index in [1.807, 2.05) is 6.92 Å². The van der Waals surface area contributed by atoms with Gasteiger partial charge in [0.25, 0.3) is 17.4 Å². The second kappa shape index (κ2) is 6.13. The van der Waals surface area contributed by atoms with E-state index in [0.717, 1.165) is 23.8 Å². The van der Waals surface area contributed by atoms with Crippen LogP contribution in [0.3, 0.4) is 0 Å². The molecule has 1 amide bonds. The number of nitro benzene ring substituents is 1. The Morgan fingerprint density at radius 1 is 1.14 bits per heavy atom. The topological polar surface area (TPSA) is 89.3 Å². The summed E-state index contributed by atoms with van der Waals surface area (Å²) in [7, 11) is 0. The maximum absolute atomic E-state index is 13.6. The highest BCUT2D eigenvalue weighted by molar-refractivity contribution is 6.46. The average Bonchev–Trinajstić information content (AvgIpc) is 2.49. The molecule has 0 aliphatic heterocycles. The quantitative estimate of drug-likeness (QED) is 0.407. The summed E-state index contributed by atoms with van der Waals surface area (Å²) in [5.41, 5.74) is 0.259. The Morgan fingerprint density at radius 3 is 2.36 bits per heavy atom. The van der Waals surface area contributed by atoms with Crippen LogP contribution in [-0.2, 0) is 4.79 Å². The first kappa shape index (κ1) is 15.3. The molecule has 2 rings (SSSR count). The van der Waals surface area contributed by atoms with Gasteiger partial charge in [-0.1, -0.05) is 29.8 Å². The van der Waals surface area contributed by atoms with Crippen LogP contribution in [-0.4, -0.2) is 16.6 Å². The Kier molecular flexibility index (Phi) is 4.26. The van der Waals surface area contributed by atoms with E-state index in [0.29, 0.717) is 0 Å². The number of hydrogen-bond donors (Lipinski definition) is 1. The van der Waals surface area contributed by atoms with Gasteiger partial charge >= 0.3 is 0 Å². The number of carbonyl (C=O) groups is 2. The zero-order chi connectivity index (χ0) is 16.3. The van der Waals surface area contributed by atoms with Crippen molar-refractivity contribution in [1.82, 2.24) is 0 Å². The molecule has 0 saturated carbocycles. The lowest BCUT2D eigenvalue weighted by molar-refractivity contribution is -0.384. The smallest absolute Gasteiger partial charge is 0.296 e. The molecule has 0 aromatic heterocycles. The van der Waals surface area contributed by atoms with E-state index in [9.17, 15) is 24.1 Å². The van der Waals surface area contributed by atoms with Gasteiger partial charge in [-0.2, -0.15) is 0 Å². The Balaban J connectivity index is 2.21. The number of hydrogen-bond acceptors (Lipinski definition) is 4. The van der Waals surface area contributed by atoms with Crippen molar-refractivity contribution in [3.05, 3.63) is 69.5 Å². The van der Waals surface area contributed by atoms with Crippen molar-refractivity contribution in [3.63, 3.8) is 0 Å². The summed E-state index contributed by atoms with van der Waals surface area (Å²) in [6, 6.07) is 8.94. The minimum atomic E-state index is -1.07. The van der Waals surface area contributed by atoms with E-state index in [2.05, 4.69) is 5.32 Å². The van der Waals surface area contributed by atoms with Gasteiger partial charge < -0.3 is 5.32 Å². The number of ketones is 1. The maximum Gasteiger partial charge on any atom is 0.296 e. The first-order valence-electron chi connectivity index (χ1n) is 6.25. The predicted octanol–water partition coefficient (Wildman–Crippen LogP) is 2.86. The van der Waals surface area contributed by atoms with Crippen molar-refractivity contribution < 1.29 is 18.9 Å². The van der Waals surface area contributed by atoms with Gasteiger partial charge in [0, 0.05) is 17.7 Å². The lowest BCUT2D eigenvalue weighted by Gasteiger charge is -2.06. The summed E-state index contributed by atoms with van der Waals surface area (Å²) in [5, 5.41) is 12.7. The summed E-state index contributed by atoms with van der Waals surface area (Å²) in [4.78, 5) is 33.7. The van der Waals surface area contributed by atoms with Crippen LogP contribution in [0.2, 0.25) is 0 Å². The highest BCUT2D eigenvalue weighted by Crippen LogP contribution is 2.21. The molecule has 0 atom stereocenters. The standard InChI is InChI=1S/C15H11FN2O4/c1-9-2-4-10(5-3-9)14(19)15(20)17-13-8-11(18(21)22)6-7-12(13)16/h2-8H,1H3,(H,17,20). The molecule has 112 valence electrons. The third-order valence-corrected chi connectivity index (χ3v) is 2.93. The van der Waals surface area contributed by atoms with Gasteiger partial charge in [-0.3, -0.25) is 19.7 Å². The molecule has 0 spiro atoms. The number of nitrogens with one attached hydrogen (secondary N) is 1. The van der Waals surface area contributed by atoms with Gasteiger partial charge in [0.2, 0.25) is 0 Å². The van der Waals surface area contributed by atoms with Crippen molar-refractivity contribution in [2.24, 2.45) is 0 Å². The third kappa shape index (κ3) is 3.32. The largest absolute Gasteiger partial charge is 0.316 e. The second-order valence-electron chi connectivity index (χ2n) is 4.57. The number of anilines is 1. The number of aryl methyl sites for hydroxylation is 1. The van der Waals surface area contributed by atoms with Gasteiger partial charge in [-0.05, 0) is 13.0 Å². The lowest BCUT2D eigenvalue weighted by atomic mass is 10.1. The molecule has 0 radical (unpaired) electrons. The van der Waals surface area contributed by atoms with Crippen LogP contribution in [0, 0.1) is 22.9 Å². The number of amides is 1. The number of nitrogens with zero attached hydrogens (tertiary/aromatic N) is 1. The van der Waals surface area contributed by atoms with Crippen LogP contribution >= 0.6 is 0 Å². The zero-order valence-corrected chi connectivity index (χ0v) is 11.5. The number of benzene rings is 2. The van der Waals surface area contributed by atoms with E-state index in [1.165, 1.54) is 12.1 Å². The Bertz CT molecular complexity index is 757. The molecule has 0 saturated heterocycles. The Morgan fingerprint density at radius 2 is 1.77 bits per heavy atom. The fraction of sp³-hybridized carbons (Fsp3) is 0.0667. The van der Waals surface area contributed by atoms with Crippen molar-refractivity contribution in [2.45, 2.75) is 6.92 Å². The molecule has 0 aliphatic rings. The number of halogens is 1. The molecule has 0 bridgehead atoms. The molecule has 0 aliphatic carbocycles. The summed E-state index contributed by atoms with van der Waals surface area (Å²) < 4.78 is 13.6. The molecule has 0 fully saturated rings. The molecule has 0 unspecified atom stereocenters. The molecule has 22 heavy (non-hydrogen) atoms. The van der Waals surface area contributed by atoms with Crippen molar-refractivity contribution in [3.8, 4) is 0 Å². The monoisotopic (exact) mass is 302 g/mol. The van der Waals surface area contributed by atoms with Gasteiger partial charge in [0.1, 0.15) is 5.82 Å². The lowest BCUT2D eigenvalue weighted by Crippen LogP contribution is -2.23. The van der Waals surface area contributed by atoms with E-state index in [4.69, 9.17) is 0 Å². The molecule has 2 aromatic rings. The summed E-state index contributed by atoms with van der Waals surface area (Å²) >= 11 is 0. The molecule has 0 heterocycles. The third-order valence-electron chi connectivity index (χ3n) is 2.93. The Labute approximate surface area is 124 Å². The molecular weight excluding hydrogens is 291 g/mol. The number of nitro groups is 1. The van der Waals surface area contributed by atoms with Crippen LogP contribution < -0.4 is 5.32 Å². The zero-order valence-electron chi connectivity index (χ0n) is 11.5. The van der Waals surface area contributed by atoms with Gasteiger partial charge in [0.15, 0.2) is 0 Å². The average molecular weight is 302 g/mol. The fourth-order valence-electron chi connectivity index (χ4n) is 1.74. The molecule has 1 N–H and O–H groups in total. The van der Waals surface area contributed by atoms with E-state index in [1.54, 1.807) is 12.1 Å². The van der Waals surface area contributed by atoms with Crippen LogP contribution in [0.15, 0.2) is 42.5 Å². The number of carbonyl (C=O) groups excluding carboxylic acids is 2. The fourth-order valence-corrected chi connectivity index (χ4v) is 1.74. The number of non-ortho nitro benzene ring substituents is 1. The molecule has 7 heteroatoms. The second-order valence-corrected chi connectivity index (χ2v) is 4.57. The normalized spacial score (nSPS) is 10.1. The maximum atomic E-state index is 13.6. The van der Waals surface area contributed by atoms with Crippen LogP contribution in [0.25, 0.3) is 0 Å². The summed E-state index contributed by atoms with van der Waals surface area (Å²) in [5.74, 6) is -2.79. The number of rotatable bonds is 4. The van der Waals surface area contributed by atoms with Crippen LogP contribution in [0.1, 0.15) is 15.9 Å². The predicted molar refractivity (Wildman–Crippen MR) is 77.2 cm³/mol. The van der Waals surface area contributed by atoms with Crippen molar-refractivity contribution >= 4 is 23.1 Å².